The van der Waals surface area contributed by atoms with E-state index in [4.69, 9.17) is 9.84 Å². The molecule has 0 aromatic rings. The minimum atomic E-state index is 0.241. The molecule has 1 unspecified atom stereocenters. The first-order valence-electron chi connectivity index (χ1n) is 4.01. The van der Waals surface area contributed by atoms with E-state index in [-0.39, 0.29) is 6.61 Å². The molecule has 0 aromatic carbocycles. The third kappa shape index (κ3) is 3.18. The molecular weight excluding hydrogens is 128 g/mol. The van der Waals surface area contributed by atoms with Crippen LogP contribution in [0.1, 0.15) is 19.8 Å². The van der Waals surface area contributed by atoms with Crippen LogP contribution in [0.3, 0.4) is 0 Å². The zero-order chi connectivity index (χ0) is 7.40. The van der Waals surface area contributed by atoms with Crippen LogP contribution in [-0.4, -0.2) is 24.9 Å². The van der Waals surface area contributed by atoms with Crippen LogP contribution in [0.4, 0.5) is 0 Å². The SMILES string of the molecule is CC(CO)COCC1CC1. The first-order chi connectivity index (χ1) is 4.83. The maximum absolute atomic E-state index is 8.64. The smallest absolute Gasteiger partial charge is 0.0513 e. The number of hydrogen-bond acceptors (Lipinski definition) is 2. The number of rotatable bonds is 5. The minimum absolute atomic E-state index is 0.241. The number of hydrogen-bond donors (Lipinski definition) is 1. The summed E-state index contributed by atoms with van der Waals surface area (Å²) in [5.41, 5.74) is 0. The Balaban J connectivity index is 1.83. The molecule has 2 heteroatoms. The fourth-order valence-corrected chi connectivity index (χ4v) is 0.773. The Kier molecular flexibility index (Phi) is 3.16. The van der Waals surface area contributed by atoms with Gasteiger partial charge in [-0.05, 0) is 18.8 Å². The second-order valence-electron chi connectivity index (χ2n) is 3.27. The van der Waals surface area contributed by atoms with Crippen LogP contribution in [0.5, 0.6) is 0 Å². The van der Waals surface area contributed by atoms with Crippen molar-refractivity contribution in [3.05, 3.63) is 0 Å². The van der Waals surface area contributed by atoms with Crippen LogP contribution in [0.25, 0.3) is 0 Å². The van der Waals surface area contributed by atoms with E-state index in [1.54, 1.807) is 0 Å². The Hall–Kier alpha value is -0.0800. The summed E-state index contributed by atoms with van der Waals surface area (Å²) in [5.74, 6) is 1.14. The molecule has 1 rings (SSSR count). The predicted octanol–water partition coefficient (Wildman–Crippen LogP) is 1.04. The van der Waals surface area contributed by atoms with E-state index in [9.17, 15) is 0 Å². The lowest BCUT2D eigenvalue weighted by Crippen LogP contribution is -2.10. The van der Waals surface area contributed by atoms with Crippen molar-refractivity contribution in [3.8, 4) is 0 Å². The highest BCUT2D eigenvalue weighted by Gasteiger charge is 2.21. The largest absolute Gasteiger partial charge is 0.396 e. The van der Waals surface area contributed by atoms with Gasteiger partial charge in [0, 0.05) is 19.1 Å². The van der Waals surface area contributed by atoms with Gasteiger partial charge in [-0.15, -0.1) is 0 Å². The first kappa shape index (κ1) is 8.02. The van der Waals surface area contributed by atoms with Crippen molar-refractivity contribution in [2.45, 2.75) is 19.8 Å². The van der Waals surface area contributed by atoms with E-state index in [0.29, 0.717) is 12.5 Å². The summed E-state index contributed by atoms with van der Waals surface area (Å²) < 4.78 is 5.35. The molecule has 1 aliphatic rings. The Bertz CT molecular complexity index is 89.3. The highest BCUT2D eigenvalue weighted by atomic mass is 16.5. The molecule has 0 spiro atoms. The zero-order valence-corrected chi connectivity index (χ0v) is 6.55. The fraction of sp³-hybridized carbons (Fsp3) is 1.00. The van der Waals surface area contributed by atoms with Gasteiger partial charge in [-0.3, -0.25) is 0 Å². The molecule has 0 amide bonds. The molecule has 1 fully saturated rings. The molecule has 0 radical (unpaired) electrons. The van der Waals surface area contributed by atoms with Crippen molar-refractivity contribution in [2.75, 3.05) is 19.8 Å². The van der Waals surface area contributed by atoms with Gasteiger partial charge in [-0.25, -0.2) is 0 Å². The second kappa shape index (κ2) is 3.94. The van der Waals surface area contributed by atoms with Crippen LogP contribution in [-0.2, 0) is 4.74 Å². The van der Waals surface area contributed by atoms with E-state index >= 15 is 0 Å². The maximum Gasteiger partial charge on any atom is 0.0513 e. The lowest BCUT2D eigenvalue weighted by molar-refractivity contribution is 0.0736. The molecular formula is C8H16O2. The van der Waals surface area contributed by atoms with Gasteiger partial charge in [0.05, 0.1) is 6.61 Å². The van der Waals surface area contributed by atoms with Gasteiger partial charge < -0.3 is 9.84 Å². The minimum Gasteiger partial charge on any atom is -0.396 e. The summed E-state index contributed by atoms with van der Waals surface area (Å²) in [5, 5.41) is 8.64. The van der Waals surface area contributed by atoms with E-state index < -0.39 is 0 Å². The summed E-state index contributed by atoms with van der Waals surface area (Å²) in [6, 6.07) is 0. The lowest BCUT2D eigenvalue weighted by Gasteiger charge is -2.07. The molecule has 10 heavy (non-hydrogen) atoms. The van der Waals surface area contributed by atoms with Crippen molar-refractivity contribution in [3.63, 3.8) is 0 Å². The van der Waals surface area contributed by atoms with Crippen molar-refractivity contribution in [1.82, 2.24) is 0 Å². The highest BCUT2D eigenvalue weighted by molar-refractivity contribution is 4.72. The first-order valence-corrected chi connectivity index (χ1v) is 4.01. The van der Waals surface area contributed by atoms with E-state index in [2.05, 4.69) is 0 Å². The molecule has 0 aromatic heterocycles. The Morgan fingerprint density at radius 2 is 2.30 bits per heavy atom. The summed E-state index contributed by atoms with van der Waals surface area (Å²) in [4.78, 5) is 0. The average Bonchev–Trinajstić information content (AvgIpc) is 2.71. The van der Waals surface area contributed by atoms with Crippen molar-refractivity contribution in [1.29, 1.82) is 0 Å². The molecule has 0 heterocycles. The lowest BCUT2D eigenvalue weighted by atomic mass is 10.2. The normalized spacial score (nSPS) is 21.0. The third-order valence-corrected chi connectivity index (χ3v) is 1.76. The second-order valence-corrected chi connectivity index (χ2v) is 3.27. The summed E-state index contributed by atoms with van der Waals surface area (Å²) in [6.45, 7) is 3.86. The molecule has 60 valence electrons. The maximum atomic E-state index is 8.64. The molecule has 1 aliphatic carbocycles. The third-order valence-electron chi connectivity index (χ3n) is 1.76. The van der Waals surface area contributed by atoms with Gasteiger partial charge in [0.25, 0.3) is 0 Å². The molecule has 0 aliphatic heterocycles. The monoisotopic (exact) mass is 144 g/mol. The van der Waals surface area contributed by atoms with E-state index in [1.807, 2.05) is 6.92 Å². The van der Waals surface area contributed by atoms with Crippen LogP contribution in [0, 0.1) is 11.8 Å². The zero-order valence-electron chi connectivity index (χ0n) is 6.55. The van der Waals surface area contributed by atoms with Gasteiger partial charge in [-0.2, -0.15) is 0 Å². The van der Waals surface area contributed by atoms with Crippen LogP contribution in [0.15, 0.2) is 0 Å². The average molecular weight is 144 g/mol. The van der Waals surface area contributed by atoms with Gasteiger partial charge in [0.1, 0.15) is 0 Å². The fourth-order valence-electron chi connectivity index (χ4n) is 0.773. The van der Waals surface area contributed by atoms with E-state index in [1.165, 1.54) is 12.8 Å². The summed E-state index contributed by atoms with van der Waals surface area (Å²) in [6.07, 6.45) is 2.68. The van der Waals surface area contributed by atoms with Gasteiger partial charge in [0.15, 0.2) is 0 Å². The quantitative estimate of drug-likeness (QED) is 0.624. The van der Waals surface area contributed by atoms with Crippen molar-refractivity contribution >= 4 is 0 Å². The molecule has 1 saturated carbocycles. The Labute approximate surface area is 62.2 Å². The van der Waals surface area contributed by atoms with Crippen LogP contribution < -0.4 is 0 Å². The number of ether oxygens (including phenoxy) is 1. The standard InChI is InChI=1S/C8H16O2/c1-7(4-9)5-10-6-8-2-3-8/h7-9H,2-6H2,1H3. The predicted molar refractivity (Wildman–Crippen MR) is 39.8 cm³/mol. The van der Waals surface area contributed by atoms with Crippen molar-refractivity contribution in [2.24, 2.45) is 11.8 Å². The number of aliphatic hydroxyl groups excluding tert-OH is 1. The molecule has 0 saturated heterocycles. The Morgan fingerprint density at radius 1 is 1.60 bits per heavy atom. The molecule has 2 nitrogen and oxygen atoms in total. The Morgan fingerprint density at radius 3 is 2.80 bits per heavy atom. The topological polar surface area (TPSA) is 29.5 Å². The van der Waals surface area contributed by atoms with Gasteiger partial charge in [-0.1, -0.05) is 6.92 Å². The van der Waals surface area contributed by atoms with Gasteiger partial charge >= 0.3 is 0 Å². The van der Waals surface area contributed by atoms with Gasteiger partial charge in [0.2, 0.25) is 0 Å². The molecule has 1 N–H and O–H groups in total. The van der Waals surface area contributed by atoms with Crippen molar-refractivity contribution < 1.29 is 9.84 Å². The number of aliphatic hydroxyl groups is 1. The summed E-state index contributed by atoms with van der Waals surface area (Å²) in [7, 11) is 0. The van der Waals surface area contributed by atoms with E-state index in [0.717, 1.165) is 12.5 Å². The van der Waals surface area contributed by atoms with Crippen LogP contribution >= 0.6 is 0 Å². The van der Waals surface area contributed by atoms with Crippen LogP contribution in [0.2, 0.25) is 0 Å². The molecule has 1 atom stereocenters. The summed E-state index contributed by atoms with van der Waals surface area (Å²) >= 11 is 0. The highest BCUT2D eigenvalue weighted by Crippen LogP contribution is 2.28. The molecule has 0 bridgehead atoms.